The number of hydrogen-bond acceptors (Lipinski definition) is 4. The lowest BCUT2D eigenvalue weighted by Gasteiger charge is -2.13. The number of benzene rings is 2. The Kier molecular flexibility index (Phi) is 4.39. The van der Waals surface area contributed by atoms with E-state index in [0.29, 0.717) is 16.7 Å². The predicted octanol–water partition coefficient (Wildman–Crippen LogP) is 4.92. The third kappa shape index (κ3) is 3.28. The number of rotatable bonds is 5. The molecule has 22 heavy (non-hydrogen) atoms. The van der Waals surface area contributed by atoms with E-state index in [0.717, 1.165) is 17.7 Å². The fourth-order valence-corrected chi connectivity index (χ4v) is 2.18. The number of hydrogen-bond donors (Lipinski definition) is 0. The van der Waals surface area contributed by atoms with Gasteiger partial charge in [0, 0.05) is 10.6 Å². The van der Waals surface area contributed by atoms with Gasteiger partial charge in [-0.3, -0.25) is 0 Å². The lowest BCUT2D eigenvalue weighted by molar-refractivity contribution is 0.154. The van der Waals surface area contributed by atoms with Crippen LogP contribution in [0.1, 0.15) is 25.3 Å². The molecule has 3 rings (SSSR count). The lowest BCUT2D eigenvalue weighted by Crippen LogP contribution is -2.06. The molecule has 1 atom stereocenters. The average Bonchev–Trinajstić information content (AvgIpc) is 3.04. The Balaban J connectivity index is 1.80. The van der Waals surface area contributed by atoms with E-state index in [9.17, 15) is 0 Å². The van der Waals surface area contributed by atoms with Crippen molar-refractivity contribution in [3.05, 3.63) is 65.5 Å². The normalized spacial score (nSPS) is 12.1. The first-order valence-corrected chi connectivity index (χ1v) is 7.45. The molecule has 0 bridgehead atoms. The summed E-state index contributed by atoms with van der Waals surface area (Å²) in [5.74, 6) is 1.78. The summed E-state index contributed by atoms with van der Waals surface area (Å²) in [5, 5.41) is 4.69. The van der Waals surface area contributed by atoms with Crippen LogP contribution in [-0.2, 0) is 0 Å². The second kappa shape index (κ2) is 6.62. The molecule has 0 radical (unpaired) electrons. The van der Waals surface area contributed by atoms with Gasteiger partial charge in [0.2, 0.25) is 5.82 Å². The summed E-state index contributed by atoms with van der Waals surface area (Å²) >= 11 is 5.88. The fraction of sp³-hybridized carbons (Fsp3) is 0.176. The zero-order valence-corrected chi connectivity index (χ0v) is 12.8. The van der Waals surface area contributed by atoms with Crippen molar-refractivity contribution in [3.8, 4) is 17.1 Å². The van der Waals surface area contributed by atoms with Crippen molar-refractivity contribution in [2.45, 2.75) is 19.4 Å². The fourth-order valence-electron chi connectivity index (χ4n) is 2.05. The highest BCUT2D eigenvalue weighted by Crippen LogP contribution is 2.26. The van der Waals surface area contributed by atoms with E-state index in [-0.39, 0.29) is 6.10 Å². The molecule has 0 aliphatic carbocycles. The van der Waals surface area contributed by atoms with Gasteiger partial charge in [0.15, 0.2) is 6.10 Å². The maximum atomic E-state index is 5.90. The number of ether oxygens (including phenoxy) is 1. The van der Waals surface area contributed by atoms with Gasteiger partial charge in [-0.25, -0.2) is 0 Å². The summed E-state index contributed by atoms with van der Waals surface area (Å²) in [4.78, 5) is 4.43. The lowest BCUT2D eigenvalue weighted by atomic mass is 10.2. The molecule has 2 aromatic carbocycles. The molecule has 112 valence electrons. The van der Waals surface area contributed by atoms with Crippen LogP contribution in [0, 0.1) is 0 Å². The molecule has 5 heteroatoms. The molecule has 0 aliphatic heterocycles. The molecule has 0 amide bonds. The minimum absolute atomic E-state index is 0.268. The first-order valence-electron chi connectivity index (χ1n) is 7.07. The maximum absolute atomic E-state index is 5.90. The van der Waals surface area contributed by atoms with Crippen LogP contribution >= 0.6 is 11.6 Å². The van der Waals surface area contributed by atoms with Crippen LogP contribution in [-0.4, -0.2) is 10.1 Å². The molecule has 1 heterocycles. The zero-order valence-electron chi connectivity index (χ0n) is 12.1. The molecular weight excluding hydrogens is 300 g/mol. The summed E-state index contributed by atoms with van der Waals surface area (Å²) in [6.07, 6.45) is 0.466. The highest BCUT2D eigenvalue weighted by Gasteiger charge is 2.19. The molecule has 0 saturated carbocycles. The second-order valence-corrected chi connectivity index (χ2v) is 5.23. The third-order valence-electron chi connectivity index (χ3n) is 3.21. The summed E-state index contributed by atoms with van der Waals surface area (Å²) in [6, 6.07) is 16.9. The van der Waals surface area contributed by atoms with Gasteiger partial charge < -0.3 is 9.26 Å². The molecule has 3 aromatic rings. The SMILES string of the molecule is CC[C@H](Oc1ccccc1)c1nc(-c2ccc(Cl)cc2)no1. The highest BCUT2D eigenvalue weighted by atomic mass is 35.5. The van der Waals surface area contributed by atoms with Crippen molar-refractivity contribution in [3.63, 3.8) is 0 Å². The zero-order chi connectivity index (χ0) is 15.4. The smallest absolute Gasteiger partial charge is 0.268 e. The van der Waals surface area contributed by atoms with Gasteiger partial charge in [-0.15, -0.1) is 0 Å². The largest absolute Gasteiger partial charge is 0.481 e. The number of aromatic nitrogens is 2. The van der Waals surface area contributed by atoms with Gasteiger partial charge in [0.25, 0.3) is 5.89 Å². The monoisotopic (exact) mass is 314 g/mol. The number of halogens is 1. The van der Waals surface area contributed by atoms with Crippen molar-refractivity contribution >= 4 is 11.6 Å². The Labute approximate surface area is 133 Å². The van der Waals surface area contributed by atoms with Gasteiger partial charge in [0.05, 0.1) is 0 Å². The van der Waals surface area contributed by atoms with Gasteiger partial charge in [0.1, 0.15) is 5.75 Å². The quantitative estimate of drug-likeness (QED) is 0.670. The van der Waals surface area contributed by atoms with Crippen molar-refractivity contribution in [1.82, 2.24) is 10.1 Å². The molecule has 1 aromatic heterocycles. The summed E-state index contributed by atoms with van der Waals surface area (Å²) in [7, 11) is 0. The van der Waals surface area contributed by atoms with Gasteiger partial charge in [-0.1, -0.05) is 41.9 Å². The molecule has 4 nitrogen and oxygen atoms in total. The molecule has 0 aliphatic rings. The van der Waals surface area contributed by atoms with Gasteiger partial charge in [-0.05, 0) is 42.8 Å². The van der Waals surface area contributed by atoms with E-state index in [2.05, 4.69) is 10.1 Å². The molecular formula is C17H15ClN2O2. The summed E-state index contributed by atoms with van der Waals surface area (Å²) in [5.41, 5.74) is 0.856. The number of para-hydroxylation sites is 1. The van der Waals surface area contributed by atoms with Crippen LogP contribution in [0.5, 0.6) is 5.75 Å². The first-order chi connectivity index (χ1) is 10.8. The van der Waals surface area contributed by atoms with Crippen molar-refractivity contribution in [2.75, 3.05) is 0 Å². The first kappa shape index (κ1) is 14.6. The van der Waals surface area contributed by atoms with Gasteiger partial charge in [-0.2, -0.15) is 4.98 Å². The van der Waals surface area contributed by atoms with Crippen molar-refractivity contribution in [2.24, 2.45) is 0 Å². The average molecular weight is 315 g/mol. The summed E-state index contributed by atoms with van der Waals surface area (Å²) in [6.45, 7) is 2.01. The highest BCUT2D eigenvalue weighted by molar-refractivity contribution is 6.30. The van der Waals surface area contributed by atoms with Crippen LogP contribution in [0.2, 0.25) is 5.02 Å². The summed E-state index contributed by atoms with van der Waals surface area (Å²) < 4.78 is 11.3. The Bertz CT molecular complexity index is 726. The van der Waals surface area contributed by atoms with E-state index in [1.54, 1.807) is 12.1 Å². The van der Waals surface area contributed by atoms with Crippen molar-refractivity contribution < 1.29 is 9.26 Å². The Morgan fingerprint density at radius 1 is 1.09 bits per heavy atom. The Morgan fingerprint density at radius 3 is 2.50 bits per heavy atom. The molecule has 0 N–H and O–H groups in total. The molecule has 0 spiro atoms. The van der Waals surface area contributed by atoms with E-state index >= 15 is 0 Å². The Morgan fingerprint density at radius 2 is 1.82 bits per heavy atom. The predicted molar refractivity (Wildman–Crippen MR) is 84.8 cm³/mol. The molecule has 0 saturated heterocycles. The van der Waals surface area contributed by atoms with E-state index in [4.69, 9.17) is 20.9 Å². The minimum Gasteiger partial charge on any atom is -0.481 e. The standard InChI is InChI=1S/C17H15ClN2O2/c1-2-15(21-14-6-4-3-5-7-14)17-19-16(20-22-17)12-8-10-13(18)11-9-12/h3-11,15H,2H2,1H3/t15-/m0/s1. The second-order valence-electron chi connectivity index (χ2n) is 4.79. The van der Waals surface area contributed by atoms with E-state index in [1.165, 1.54) is 0 Å². The third-order valence-corrected chi connectivity index (χ3v) is 3.46. The van der Waals surface area contributed by atoms with Crippen LogP contribution < -0.4 is 4.74 Å². The van der Waals surface area contributed by atoms with Crippen molar-refractivity contribution in [1.29, 1.82) is 0 Å². The molecule has 0 unspecified atom stereocenters. The topological polar surface area (TPSA) is 48.2 Å². The number of nitrogens with zero attached hydrogens (tertiary/aromatic N) is 2. The van der Waals surface area contributed by atoms with E-state index in [1.807, 2.05) is 49.4 Å². The Hall–Kier alpha value is -2.33. The van der Waals surface area contributed by atoms with E-state index < -0.39 is 0 Å². The van der Waals surface area contributed by atoms with Crippen LogP contribution in [0.15, 0.2) is 59.1 Å². The minimum atomic E-state index is -0.268. The van der Waals surface area contributed by atoms with Crippen LogP contribution in [0.4, 0.5) is 0 Å². The molecule has 0 fully saturated rings. The van der Waals surface area contributed by atoms with Crippen LogP contribution in [0.25, 0.3) is 11.4 Å². The van der Waals surface area contributed by atoms with Gasteiger partial charge >= 0.3 is 0 Å². The maximum Gasteiger partial charge on any atom is 0.268 e. The van der Waals surface area contributed by atoms with Crippen LogP contribution in [0.3, 0.4) is 0 Å².